The number of benzene rings is 1. The molecule has 0 radical (unpaired) electrons. The van der Waals surface area contributed by atoms with Gasteiger partial charge in [0.2, 0.25) is 10.0 Å². The largest absolute Gasteiger partial charge is 0.398 e. The third-order valence-corrected chi connectivity index (χ3v) is 7.70. The van der Waals surface area contributed by atoms with Gasteiger partial charge in [0.1, 0.15) is 0 Å². The van der Waals surface area contributed by atoms with Gasteiger partial charge in [-0.3, -0.25) is 0 Å². The van der Waals surface area contributed by atoms with Crippen molar-refractivity contribution in [1.29, 1.82) is 0 Å². The van der Waals surface area contributed by atoms with E-state index in [1.807, 2.05) is 0 Å². The van der Waals surface area contributed by atoms with Crippen molar-refractivity contribution in [3.8, 4) is 0 Å². The first-order valence-electron chi connectivity index (χ1n) is 6.40. The fraction of sp³-hybridized carbons (Fsp3) is 0.500. The van der Waals surface area contributed by atoms with Crippen molar-refractivity contribution >= 4 is 41.5 Å². The van der Waals surface area contributed by atoms with Gasteiger partial charge in [0.05, 0.1) is 16.4 Å². The first kappa shape index (κ1) is 16.7. The molecule has 2 N–H and O–H groups in total. The lowest BCUT2D eigenvalue weighted by Crippen LogP contribution is -2.34. The van der Waals surface area contributed by atoms with Crippen molar-refractivity contribution in [2.24, 2.45) is 0 Å². The lowest BCUT2D eigenvalue weighted by Gasteiger charge is -2.21. The van der Waals surface area contributed by atoms with Crippen molar-refractivity contribution in [3.63, 3.8) is 0 Å². The Morgan fingerprint density at radius 3 is 2.57 bits per heavy atom. The van der Waals surface area contributed by atoms with Crippen LogP contribution in [0.5, 0.6) is 0 Å². The molecule has 1 aromatic carbocycles. The quantitative estimate of drug-likeness (QED) is 0.755. The summed E-state index contributed by atoms with van der Waals surface area (Å²) in [6.07, 6.45) is 0.310. The SMILES string of the molecule is Cc1c(N)cc(Br)cc1S(=O)(=O)N1CCCS(=O)(=O)CC1. The van der Waals surface area contributed by atoms with Gasteiger partial charge in [-0.15, -0.1) is 0 Å². The van der Waals surface area contributed by atoms with Crippen LogP contribution in [0.2, 0.25) is 0 Å². The Bertz CT molecular complexity index is 760. The van der Waals surface area contributed by atoms with Gasteiger partial charge in [-0.25, -0.2) is 16.8 Å². The van der Waals surface area contributed by atoms with Crippen LogP contribution in [-0.4, -0.2) is 45.7 Å². The van der Waals surface area contributed by atoms with Gasteiger partial charge in [-0.2, -0.15) is 4.31 Å². The molecule has 9 heteroatoms. The zero-order chi connectivity index (χ0) is 15.8. The second kappa shape index (κ2) is 5.86. The molecule has 118 valence electrons. The fourth-order valence-electron chi connectivity index (χ4n) is 2.24. The van der Waals surface area contributed by atoms with Crippen LogP contribution >= 0.6 is 15.9 Å². The molecule has 0 aromatic heterocycles. The van der Waals surface area contributed by atoms with E-state index in [9.17, 15) is 16.8 Å². The van der Waals surface area contributed by atoms with Crippen LogP contribution in [-0.2, 0) is 19.9 Å². The van der Waals surface area contributed by atoms with Crippen molar-refractivity contribution in [1.82, 2.24) is 4.31 Å². The highest BCUT2D eigenvalue weighted by Gasteiger charge is 2.30. The summed E-state index contributed by atoms with van der Waals surface area (Å²) in [4.78, 5) is 0.119. The number of nitrogen functional groups attached to an aromatic ring is 1. The normalized spacial score (nSPS) is 20.1. The van der Waals surface area contributed by atoms with E-state index in [2.05, 4.69) is 15.9 Å². The number of sulfone groups is 1. The topological polar surface area (TPSA) is 97.5 Å². The lowest BCUT2D eigenvalue weighted by atomic mass is 10.2. The first-order valence-corrected chi connectivity index (χ1v) is 10.4. The zero-order valence-corrected chi connectivity index (χ0v) is 14.8. The molecule has 1 heterocycles. The van der Waals surface area contributed by atoms with Gasteiger partial charge in [0, 0.05) is 23.2 Å². The molecule has 0 atom stereocenters. The molecule has 1 fully saturated rings. The summed E-state index contributed by atoms with van der Waals surface area (Å²) >= 11 is 3.24. The van der Waals surface area contributed by atoms with E-state index in [4.69, 9.17) is 5.73 Å². The number of rotatable bonds is 2. The Balaban J connectivity index is 2.43. The van der Waals surface area contributed by atoms with E-state index in [1.165, 1.54) is 10.4 Å². The molecule has 0 amide bonds. The minimum absolute atomic E-state index is 0.0173. The van der Waals surface area contributed by atoms with Gasteiger partial charge >= 0.3 is 0 Å². The number of hydrogen-bond donors (Lipinski definition) is 1. The summed E-state index contributed by atoms with van der Waals surface area (Å²) in [7, 11) is -6.91. The molecule has 0 bridgehead atoms. The van der Waals surface area contributed by atoms with E-state index >= 15 is 0 Å². The van der Waals surface area contributed by atoms with Crippen molar-refractivity contribution in [3.05, 3.63) is 22.2 Å². The van der Waals surface area contributed by atoms with E-state index in [0.29, 0.717) is 22.1 Å². The first-order chi connectivity index (χ1) is 9.63. The molecule has 21 heavy (non-hydrogen) atoms. The number of hydrogen-bond acceptors (Lipinski definition) is 5. The highest BCUT2D eigenvalue weighted by Crippen LogP contribution is 2.29. The van der Waals surface area contributed by atoms with E-state index in [1.54, 1.807) is 13.0 Å². The fourth-order valence-corrected chi connectivity index (χ4v) is 6.01. The smallest absolute Gasteiger partial charge is 0.243 e. The van der Waals surface area contributed by atoms with Crippen LogP contribution in [0.4, 0.5) is 5.69 Å². The molecule has 1 aromatic rings. The standard InChI is InChI=1S/C12H17BrN2O4S2/c1-9-11(14)7-10(13)8-12(9)21(18,19)15-3-2-5-20(16,17)6-4-15/h7-8H,2-6,14H2,1H3. The number of nitrogens with two attached hydrogens (primary N) is 1. The third kappa shape index (κ3) is 3.58. The maximum Gasteiger partial charge on any atom is 0.243 e. The monoisotopic (exact) mass is 396 g/mol. The molecule has 1 saturated heterocycles. The third-order valence-electron chi connectivity index (χ3n) is 3.50. The molecule has 0 saturated carbocycles. The van der Waals surface area contributed by atoms with Crippen molar-refractivity contribution in [2.75, 3.05) is 30.3 Å². The summed E-state index contributed by atoms with van der Waals surface area (Å²) in [6, 6.07) is 3.14. The highest BCUT2D eigenvalue weighted by molar-refractivity contribution is 9.10. The summed E-state index contributed by atoms with van der Waals surface area (Å²) in [5.74, 6) is -0.118. The number of sulfonamides is 1. The van der Waals surface area contributed by atoms with Crippen molar-refractivity contribution < 1.29 is 16.8 Å². The van der Waals surface area contributed by atoms with Crippen LogP contribution < -0.4 is 5.73 Å². The van der Waals surface area contributed by atoms with E-state index < -0.39 is 19.9 Å². The van der Waals surface area contributed by atoms with Gasteiger partial charge in [0.15, 0.2) is 9.84 Å². The van der Waals surface area contributed by atoms with E-state index in [0.717, 1.165) is 0 Å². The Morgan fingerprint density at radius 2 is 1.90 bits per heavy atom. The molecular weight excluding hydrogens is 380 g/mol. The molecule has 2 rings (SSSR count). The molecule has 0 spiro atoms. The summed E-state index contributed by atoms with van der Waals surface area (Å²) in [5, 5.41) is 0. The van der Waals surface area contributed by atoms with Gasteiger partial charge in [-0.1, -0.05) is 15.9 Å². The predicted octanol–water partition coefficient (Wildman–Crippen LogP) is 1.15. The number of halogens is 1. The average Bonchev–Trinajstić information content (AvgIpc) is 2.55. The van der Waals surface area contributed by atoms with Crippen LogP contribution in [0.1, 0.15) is 12.0 Å². The van der Waals surface area contributed by atoms with Gasteiger partial charge in [-0.05, 0) is 31.0 Å². The van der Waals surface area contributed by atoms with Crippen LogP contribution in [0.15, 0.2) is 21.5 Å². The molecule has 0 unspecified atom stereocenters. The lowest BCUT2D eigenvalue weighted by molar-refractivity contribution is 0.434. The second-order valence-corrected chi connectivity index (χ2v) is 10.2. The Hall–Kier alpha value is -0.640. The molecule has 1 aliphatic rings. The molecule has 1 aliphatic heterocycles. The predicted molar refractivity (Wildman–Crippen MR) is 85.3 cm³/mol. The van der Waals surface area contributed by atoms with Crippen LogP contribution in [0.25, 0.3) is 0 Å². The molecule has 6 nitrogen and oxygen atoms in total. The average molecular weight is 397 g/mol. The van der Waals surface area contributed by atoms with Gasteiger partial charge in [0.25, 0.3) is 0 Å². The number of anilines is 1. The summed E-state index contributed by atoms with van der Waals surface area (Å²) < 4.78 is 50.5. The number of nitrogens with zero attached hydrogens (tertiary/aromatic N) is 1. The second-order valence-electron chi connectivity index (χ2n) is 5.03. The Kier molecular flexibility index (Phi) is 4.67. The van der Waals surface area contributed by atoms with Crippen LogP contribution in [0.3, 0.4) is 0 Å². The Labute approximate surface area is 133 Å². The minimum Gasteiger partial charge on any atom is -0.398 e. The zero-order valence-electron chi connectivity index (χ0n) is 11.5. The Morgan fingerprint density at radius 1 is 1.24 bits per heavy atom. The maximum atomic E-state index is 12.7. The van der Waals surface area contributed by atoms with Gasteiger partial charge < -0.3 is 5.73 Å². The molecular formula is C12H17BrN2O4S2. The minimum atomic E-state index is -3.75. The summed E-state index contributed by atoms with van der Waals surface area (Å²) in [5.41, 5.74) is 6.67. The summed E-state index contributed by atoms with van der Waals surface area (Å²) in [6.45, 7) is 1.83. The van der Waals surface area contributed by atoms with E-state index in [-0.39, 0.29) is 29.5 Å². The van der Waals surface area contributed by atoms with Crippen molar-refractivity contribution in [2.45, 2.75) is 18.2 Å². The maximum absolute atomic E-state index is 12.7. The van der Waals surface area contributed by atoms with Crippen LogP contribution in [0, 0.1) is 6.92 Å². The molecule has 0 aliphatic carbocycles. The highest BCUT2D eigenvalue weighted by atomic mass is 79.9.